The molecule has 0 amide bonds. The van der Waals surface area contributed by atoms with E-state index in [4.69, 9.17) is 15.2 Å². The lowest BCUT2D eigenvalue weighted by molar-refractivity contribution is -0.285. The van der Waals surface area contributed by atoms with Crippen molar-refractivity contribution in [3.8, 4) is 0 Å². The van der Waals surface area contributed by atoms with Crippen molar-refractivity contribution in [3.63, 3.8) is 0 Å². The molecule has 0 radical (unpaired) electrons. The van der Waals surface area contributed by atoms with Gasteiger partial charge in [0.1, 0.15) is 12.6 Å². The molecule has 7 atom stereocenters. The first kappa shape index (κ1) is 25.3. The number of ether oxygens (including phenoxy) is 2. The van der Waals surface area contributed by atoms with Gasteiger partial charge in [0.05, 0.1) is 24.4 Å². The van der Waals surface area contributed by atoms with Gasteiger partial charge in [-0.15, -0.1) is 0 Å². The van der Waals surface area contributed by atoms with E-state index in [1.807, 2.05) is 24.3 Å². The van der Waals surface area contributed by atoms with Crippen molar-refractivity contribution in [1.82, 2.24) is 4.98 Å². The third-order valence-electron chi connectivity index (χ3n) is 6.15. The Morgan fingerprint density at radius 1 is 1.33 bits per heavy atom. The summed E-state index contributed by atoms with van der Waals surface area (Å²) in [6, 6.07) is 6.67. The van der Waals surface area contributed by atoms with Crippen LogP contribution < -0.4 is 5.73 Å². The lowest BCUT2D eigenvalue weighted by atomic mass is 9.81. The normalized spacial score (nSPS) is 28.3. The second-order valence-electron chi connectivity index (χ2n) is 8.78. The summed E-state index contributed by atoms with van der Waals surface area (Å²) in [6.07, 6.45) is -3.08. The number of nitrogens with one attached hydrogen (secondary N) is 1. The molecular weight excluding hydrogens is 432 g/mol. The fourth-order valence-corrected chi connectivity index (χ4v) is 4.35. The van der Waals surface area contributed by atoms with E-state index in [1.54, 1.807) is 6.20 Å². The van der Waals surface area contributed by atoms with Crippen LogP contribution in [-0.4, -0.2) is 80.0 Å². The number of carbonyl (C=O) groups excluding carboxylic acids is 2. The molecule has 0 aliphatic carbocycles. The van der Waals surface area contributed by atoms with Gasteiger partial charge in [-0.25, -0.2) is 0 Å². The highest BCUT2D eigenvalue weighted by Crippen LogP contribution is 2.36. The van der Waals surface area contributed by atoms with E-state index >= 15 is 0 Å². The van der Waals surface area contributed by atoms with Gasteiger partial charge in [-0.3, -0.25) is 9.59 Å². The molecule has 1 saturated heterocycles. The predicted molar refractivity (Wildman–Crippen MR) is 118 cm³/mol. The van der Waals surface area contributed by atoms with Crippen molar-refractivity contribution < 1.29 is 39.5 Å². The molecule has 1 aromatic carbocycles. The highest BCUT2D eigenvalue weighted by molar-refractivity contribution is 5.84. The minimum Gasteiger partial charge on any atom is -0.462 e. The fourth-order valence-electron chi connectivity index (χ4n) is 4.35. The first-order valence-electron chi connectivity index (χ1n) is 10.9. The van der Waals surface area contributed by atoms with Gasteiger partial charge < -0.3 is 40.6 Å². The van der Waals surface area contributed by atoms with E-state index in [9.17, 15) is 30.0 Å². The number of Topliss-reactive ketones (excluding diaryl/α,β-unsaturated/α-hetero) is 1. The number of fused-ring (bicyclic) bond motifs is 1. The summed E-state index contributed by atoms with van der Waals surface area (Å²) in [7, 11) is 0. The lowest BCUT2D eigenvalue weighted by Gasteiger charge is -2.44. The predicted octanol–water partition coefficient (Wildman–Crippen LogP) is -0.244. The number of H-pyrrole nitrogens is 1. The molecule has 1 fully saturated rings. The Kier molecular flexibility index (Phi) is 7.88. The fraction of sp³-hybridized carbons (Fsp3) is 0.565. The number of nitrogens with two attached hydrogens (primary N) is 1. The van der Waals surface area contributed by atoms with Gasteiger partial charge in [-0.2, -0.15) is 0 Å². The molecular formula is C23H32N2O8. The smallest absolute Gasteiger partial charge is 0.323 e. The van der Waals surface area contributed by atoms with Crippen molar-refractivity contribution in [2.45, 2.75) is 69.4 Å². The van der Waals surface area contributed by atoms with Crippen molar-refractivity contribution in [1.29, 1.82) is 0 Å². The number of aromatic amines is 1. The van der Waals surface area contributed by atoms with Crippen LogP contribution in [0.1, 0.15) is 32.3 Å². The van der Waals surface area contributed by atoms with Crippen LogP contribution in [0.3, 0.4) is 0 Å². The summed E-state index contributed by atoms with van der Waals surface area (Å²) in [4.78, 5) is 27.2. The average Bonchev–Trinajstić information content (AvgIpc) is 3.14. The topological polar surface area (TPSA) is 175 Å². The molecule has 5 unspecified atom stereocenters. The Morgan fingerprint density at radius 2 is 2.03 bits per heavy atom. The summed E-state index contributed by atoms with van der Waals surface area (Å²) < 4.78 is 10.6. The number of hydrogen-bond acceptors (Lipinski definition) is 9. The van der Waals surface area contributed by atoms with Crippen molar-refractivity contribution in [2.24, 2.45) is 11.7 Å². The van der Waals surface area contributed by atoms with E-state index in [1.165, 1.54) is 6.92 Å². The van der Waals surface area contributed by atoms with Crippen LogP contribution in [0.5, 0.6) is 0 Å². The van der Waals surface area contributed by atoms with Crippen molar-refractivity contribution >= 4 is 22.7 Å². The first-order valence-corrected chi connectivity index (χ1v) is 10.9. The zero-order chi connectivity index (χ0) is 24.3. The number of aliphatic hydroxyl groups excluding tert-OH is 3. The van der Waals surface area contributed by atoms with Gasteiger partial charge in [0.25, 0.3) is 0 Å². The largest absolute Gasteiger partial charge is 0.462 e. The van der Waals surface area contributed by atoms with Crippen LogP contribution in [-0.2, 0) is 25.5 Å². The van der Waals surface area contributed by atoms with Gasteiger partial charge in [-0.1, -0.05) is 18.2 Å². The number of esters is 1. The van der Waals surface area contributed by atoms with Crippen LogP contribution in [0.2, 0.25) is 0 Å². The lowest BCUT2D eigenvalue weighted by Crippen LogP contribution is -2.58. The van der Waals surface area contributed by atoms with Crippen molar-refractivity contribution in [3.05, 3.63) is 36.0 Å². The van der Waals surface area contributed by atoms with Gasteiger partial charge in [0.15, 0.2) is 5.78 Å². The first-order chi connectivity index (χ1) is 15.5. The van der Waals surface area contributed by atoms with Gasteiger partial charge >= 0.3 is 5.97 Å². The molecule has 1 aliphatic heterocycles. The summed E-state index contributed by atoms with van der Waals surface area (Å²) in [5.74, 6) is -4.46. The number of ketones is 1. The van der Waals surface area contributed by atoms with Gasteiger partial charge in [0.2, 0.25) is 5.79 Å². The molecule has 182 valence electrons. The third-order valence-corrected chi connectivity index (χ3v) is 6.15. The van der Waals surface area contributed by atoms with E-state index in [2.05, 4.69) is 4.98 Å². The number of aromatic nitrogens is 1. The Balaban J connectivity index is 1.57. The Labute approximate surface area is 191 Å². The van der Waals surface area contributed by atoms with E-state index in [-0.39, 0.29) is 19.3 Å². The minimum absolute atomic E-state index is 0.187. The summed E-state index contributed by atoms with van der Waals surface area (Å²) in [6.45, 7) is 2.17. The summed E-state index contributed by atoms with van der Waals surface area (Å²) >= 11 is 0. The van der Waals surface area contributed by atoms with Gasteiger partial charge in [0, 0.05) is 49.2 Å². The molecule has 10 heteroatoms. The number of benzene rings is 1. The Morgan fingerprint density at radius 3 is 2.70 bits per heavy atom. The molecule has 3 rings (SSSR count). The number of hydrogen-bond donors (Lipinski definition) is 6. The van der Waals surface area contributed by atoms with Crippen LogP contribution in [0.25, 0.3) is 10.9 Å². The highest BCUT2D eigenvalue weighted by atomic mass is 16.6. The van der Waals surface area contributed by atoms with Gasteiger partial charge in [-0.05, 0) is 18.6 Å². The quantitative estimate of drug-likeness (QED) is 0.273. The number of rotatable bonds is 9. The van der Waals surface area contributed by atoms with Crippen LogP contribution in [0.15, 0.2) is 30.5 Å². The van der Waals surface area contributed by atoms with E-state index < -0.39 is 60.5 Å². The maximum absolute atomic E-state index is 12.4. The molecule has 1 aromatic heterocycles. The maximum atomic E-state index is 12.4. The maximum Gasteiger partial charge on any atom is 0.323 e. The molecule has 2 heterocycles. The zero-order valence-electron chi connectivity index (χ0n) is 18.7. The standard InChI is InChI=1S/C23H32N2O8/c1-12(26)21-19(29)9-23(31,13(2)27)33-20(21)8-15(28)11-32-22(30)17(24)7-14-10-25-18-6-4-3-5-16(14)18/h3-6,10,12,15,17,19-21,25-26,28-29,31H,7-9,11,24H2,1-2H3/t12?,15-,17+,19?,20?,21?,23?/m0/s1. The number of carbonyl (C=O) groups is 2. The highest BCUT2D eigenvalue weighted by Gasteiger charge is 2.50. The monoisotopic (exact) mass is 464 g/mol. The average molecular weight is 465 g/mol. The Bertz CT molecular complexity index is 976. The van der Waals surface area contributed by atoms with Crippen LogP contribution in [0.4, 0.5) is 0 Å². The van der Waals surface area contributed by atoms with Crippen LogP contribution in [0, 0.1) is 5.92 Å². The molecule has 0 saturated carbocycles. The summed E-state index contributed by atoms with van der Waals surface area (Å²) in [5, 5.41) is 42.1. The Hall–Kier alpha value is -2.34. The molecule has 0 bridgehead atoms. The molecule has 1 aliphatic rings. The van der Waals surface area contributed by atoms with E-state index in [0.717, 1.165) is 23.4 Å². The van der Waals surface area contributed by atoms with E-state index in [0.29, 0.717) is 0 Å². The molecule has 7 N–H and O–H groups in total. The molecule has 10 nitrogen and oxygen atoms in total. The number of para-hydroxylation sites is 1. The molecule has 2 aromatic rings. The van der Waals surface area contributed by atoms with Crippen molar-refractivity contribution in [2.75, 3.05) is 6.61 Å². The molecule has 33 heavy (non-hydrogen) atoms. The second-order valence-corrected chi connectivity index (χ2v) is 8.78. The molecule has 0 spiro atoms. The SMILES string of the molecule is CC(=O)C1(O)CC(O)C(C(C)O)C(C[C@H](O)COC(=O)[C@H](N)Cc2c[nH]c3ccccc23)O1. The zero-order valence-corrected chi connectivity index (χ0v) is 18.7. The summed E-state index contributed by atoms with van der Waals surface area (Å²) in [5.41, 5.74) is 7.78. The van der Waals surface area contributed by atoms with Crippen LogP contribution >= 0.6 is 0 Å². The third kappa shape index (κ3) is 5.78. The number of aliphatic hydroxyl groups is 4. The minimum atomic E-state index is -2.21. The second kappa shape index (κ2) is 10.3.